The Morgan fingerprint density at radius 3 is 2.84 bits per heavy atom. The third kappa shape index (κ3) is 2.24. The van der Waals surface area contributed by atoms with Crippen LogP contribution in [-0.4, -0.2) is 12.4 Å². The molecule has 0 aliphatic carbocycles. The molecule has 0 aromatic heterocycles. The minimum Gasteiger partial charge on any atom is -0.490 e. The van der Waals surface area contributed by atoms with Gasteiger partial charge in [0.1, 0.15) is 18.1 Å². The van der Waals surface area contributed by atoms with E-state index in [1.54, 1.807) is 12.1 Å². The van der Waals surface area contributed by atoms with Gasteiger partial charge in [-0.1, -0.05) is 29.8 Å². The first kappa shape index (κ1) is 12.2. The molecule has 1 aliphatic rings. The summed E-state index contributed by atoms with van der Waals surface area (Å²) in [6.45, 7) is 2.06. The number of hydrogen-bond acceptors (Lipinski definition) is 2. The van der Waals surface area contributed by atoms with Gasteiger partial charge in [0.2, 0.25) is 0 Å². The largest absolute Gasteiger partial charge is 0.490 e. The molecule has 96 valence electrons. The van der Waals surface area contributed by atoms with Gasteiger partial charge in [-0.25, -0.2) is 0 Å². The first-order valence-electron chi connectivity index (χ1n) is 6.22. The highest BCUT2D eigenvalue weighted by Gasteiger charge is 2.19. The molecule has 1 atom stereocenters. The van der Waals surface area contributed by atoms with Crippen molar-refractivity contribution in [1.29, 1.82) is 0 Å². The molecule has 0 spiro atoms. The summed E-state index contributed by atoms with van der Waals surface area (Å²) in [5.74, 6) is 0.955. The predicted molar refractivity (Wildman–Crippen MR) is 76.1 cm³/mol. The van der Waals surface area contributed by atoms with Crippen LogP contribution in [0.15, 0.2) is 36.4 Å². The number of halogens is 1. The lowest BCUT2D eigenvalue weighted by Crippen LogP contribution is -2.05. The first-order chi connectivity index (χ1) is 9.17. The molecule has 3 heteroatoms. The van der Waals surface area contributed by atoms with Crippen LogP contribution in [0.5, 0.6) is 5.75 Å². The van der Waals surface area contributed by atoms with Crippen LogP contribution in [-0.2, 0) is 6.42 Å². The zero-order chi connectivity index (χ0) is 13.4. The molecule has 2 nitrogen and oxygen atoms in total. The molecule has 0 bridgehead atoms. The maximum Gasteiger partial charge on any atom is 0.150 e. The van der Waals surface area contributed by atoms with Crippen LogP contribution in [0.2, 0.25) is 5.02 Å². The number of carbonyl (C=O) groups excluding carboxylic acids is 1. The smallest absolute Gasteiger partial charge is 0.150 e. The van der Waals surface area contributed by atoms with Crippen molar-refractivity contribution < 1.29 is 9.53 Å². The van der Waals surface area contributed by atoms with E-state index in [0.717, 1.165) is 29.6 Å². The molecular formula is C16H13ClO2. The van der Waals surface area contributed by atoms with Crippen molar-refractivity contribution in [2.45, 2.75) is 19.4 Å². The van der Waals surface area contributed by atoms with Crippen LogP contribution in [0.3, 0.4) is 0 Å². The van der Waals surface area contributed by atoms with E-state index < -0.39 is 0 Å². The maximum atomic E-state index is 10.7. The number of ether oxygens (including phenoxy) is 1. The molecule has 1 aliphatic heterocycles. The number of carbonyl (C=O) groups is 1. The molecule has 0 saturated carbocycles. The highest BCUT2D eigenvalue weighted by molar-refractivity contribution is 6.33. The van der Waals surface area contributed by atoms with Gasteiger partial charge in [-0.2, -0.15) is 0 Å². The highest BCUT2D eigenvalue weighted by atomic mass is 35.5. The zero-order valence-electron chi connectivity index (χ0n) is 10.5. The minimum absolute atomic E-state index is 0.234. The number of benzene rings is 2. The molecule has 0 amide bonds. The van der Waals surface area contributed by atoms with Gasteiger partial charge in [0, 0.05) is 22.6 Å². The summed E-state index contributed by atoms with van der Waals surface area (Å²) >= 11 is 6.23. The summed E-state index contributed by atoms with van der Waals surface area (Å²) in [4.78, 5) is 10.7. The second kappa shape index (κ2) is 4.71. The van der Waals surface area contributed by atoms with E-state index in [2.05, 4.69) is 13.0 Å². The fraction of sp³-hybridized carbons (Fsp3) is 0.188. The van der Waals surface area contributed by atoms with Gasteiger partial charge >= 0.3 is 0 Å². The third-order valence-electron chi connectivity index (χ3n) is 3.34. The SMILES string of the molecule is CC1Cc2cc(-c3ccc(C=O)cc3Cl)ccc2O1. The molecule has 0 N–H and O–H groups in total. The lowest BCUT2D eigenvalue weighted by atomic mass is 10.00. The number of fused-ring (bicyclic) bond motifs is 1. The Kier molecular flexibility index (Phi) is 3.03. The van der Waals surface area contributed by atoms with Crippen LogP contribution < -0.4 is 4.74 Å². The monoisotopic (exact) mass is 272 g/mol. The van der Waals surface area contributed by atoms with E-state index in [1.165, 1.54) is 5.56 Å². The van der Waals surface area contributed by atoms with Gasteiger partial charge in [0.15, 0.2) is 0 Å². The highest BCUT2D eigenvalue weighted by Crippen LogP contribution is 2.35. The van der Waals surface area contributed by atoms with E-state index in [0.29, 0.717) is 10.6 Å². The summed E-state index contributed by atoms with van der Waals surface area (Å²) in [7, 11) is 0. The van der Waals surface area contributed by atoms with Crippen LogP contribution in [0.1, 0.15) is 22.8 Å². The maximum absolute atomic E-state index is 10.7. The molecular weight excluding hydrogens is 260 g/mol. The van der Waals surface area contributed by atoms with Crippen molar-refractivity contribution in [3.63, 3.8) is 0 Å². The normalized spacial score (nSPS) is 16.8. The van der Waals surface area contributed by atoms with Crippen molar-refractivity contribution in [3.05, 3.63) is 52.5 Å². The quantitative estimate of drug-likeness (QED) is 0.768. The van der Waals surface area contributed by atoms with Crippen molar-refractivity contribution >= 4 is 17.9 Å². The lowest BCUT2D eigenvalue weighted by molar-refractivity contribution is 0.112. The molecule has 1 unspecified atom stereocenters. The molecule has 2 aromatic rings. The van der Waals surface area contributed by atoms with Crippen LogP contribution in [0.25, 0.3) is 11.1 Å². The van der Waals surface area contributed by atoms with Crippen molar-refractivity contribution in [2.24, 2.45) is 0 Å². The Balaban J connectivity index is 2.04. The molecule has 0 fully saturated rings. The Bertz CT molecular complexity index is 649. The van der Waals surface area contributed by atoms with E-state index in [1.807, 2.05) is 18.2 Å². The van der Waals surface area contributed by atoms with E-state index in [4.69, 9.17) is 16.3 Å². The van der Waals surface area contributed by atoms with Gasteiger partial charge < -0.3 is 4.74 Å². The van der Waals surface area contributed by atoms with Crippen molar-refractivity contribution in [1.82, 2.24) is 0 Å². The molecule has 2 aromatic carbocycles. The van der Waals surface area contributed by atoms with Crippen molar-refractivity contribution in [3.8, 4) is 16.9 Å². The molecule has 19 heavy (non-hydrogen) atoms. The fourth-order valence-corrected chi connectivity index (χ4v) is 2.73. The summed E-state index contributed by atoms with van der Waals surface area (Å²) < 4.78 is 5.69. The molecule has 0 radical (unpaired) electrons. The Labute approximate surface area is 117 Å². The topological polar surface area (TPSA) is 26.3 Å². The molecule has 1 heterocycles. The second-order valence-electron chi connectivity index (χ2n) is 4.81. The summed E-state index contributed by atoms with van der Waals surface area (Å²) in [6.07, 6.45) is 1.96. The fourth-order valence-electron chi connectivity index (χ4n) is 2.43. The predicted octanol–water partition coefficient (Wildman–Crippen LogP) is 4.14. The van der Waals surface area contributed by atoms with E-state index >= 15 is 0 Å². The Morgan fingerprint density at radius 1 is 1.26 bits per heavy atom. The van der Waals surface area contributed by atoms with Crippen LogP contribution >= 0.6 is 11.6 Å². The average molecular weight is 273 g/mol. The van der Waals surface area contributed by atoms with Crippen LogP contribution in [0.4, 0.5) is 0 Å². The minimum atomic E-state index is 0.234. The van der Waals surface area contributed by atoms with Gasteiger partial charge in [0.25, 0.3) is 0 Å². The lowest BCUT2D eigenvalue weighted by Gasteiger charge is -2.07. The third-order valence-corrected chi connectivity index (χ3v) is 3.65. The van der Waals surface area contributed by atoms with Crippen LogP contribution in [0, 0.1) is 0 Å². The number of rotatable bonds is 2. The number of hydrogen-bond donors (Lipinski definition) is 0. The Morgan fingerprint density at radius 2 is 2.11 bits per heavy atom. The van der Waals surface area contributed by atoms with E-state index in [-0.39, 0.29) is 6.10 Å². The van der Waals surface area contributed by atoms with Gasteiger partial charge in [0.05, 0.1) is 0 Å². The van der Waals surface area contributed by atoms with Crippen molar-refractivity contribution in [2.75, 3.05) is 0 Å². The van der Waals surface area contributed by atoms with Gasteiger partial charge in [-0.15, -0.1) is 0 Å². The van der Waals surface area contributed by atoms with Gasteiger partial charge in [-0.3, -0.25) is 4.79 Å². The standard InChI is InChI=1S/C16H13ClO2/c1-10-6-13-8-12(3-5-16(13)19-10)14-4-2-11(9-18)7-15(14)17/h2-5,7-10H,6H2,1H3. The zero-order valence-corrected chi connectivity index (χ0v) is 11.3. The average Bonchev–Trinajstić information content (AvgIpc) is 2.77. The second-order valence-corrected chi connectivity index (χ2v) is 5.22. The van der Waals surface area contributed by atoms with E-state index in [9.17, 15) is 4.79 Å². The summed E-state index contributed by atoms with van der Waals surface area (Å²) in [5.41, 5.74) is 3.79. The van der Waals surface area contributed by atoms with Gasteiger partial charge in [-0.05, 0) is 36.2 Å². The Hall–Kier alpha value is -1.80. The molecule has 3 rings (SSSR count). The summed E-state index contributed by atoms with van der Waals surface area (Å²) in [6, 6.07) is 11.4. The summed E-state index contributed by atoms with van der Waals surface area (Å²) in [5, 5.41) is 0.594. The number of aldehydes is 1. The first-order valence-corrected chi connectivity index (χ1v) is 6.60. The molecule has 0 saturated heterocycles.